The Hall–Kier alpha value is -3.12. The number of hydrogen-bond acceptors (Lipinski definition) is 6. The van der Waals surface area contributed by atoms with Gasteiger partial charge in [0.05, 0.1) is 16.7 Å². The predicted molar refractivity (Wildman–Crippen MR) is 113 cm³/mol. The van der Waals surface area contributed by atoms with Crippen molar-refractivity contribution in [2.45, 2.75) is 39.7 Å². The molecular weight excluding hydrogens is 408 g/mol. The Morgan fingerprint density at radius 3 is 2.57 bits per heavy atom. The van der Waals surface area contributed by atoms with E-state index in [0.29, 0.717) is 10.9 Å². The van der Waals surface area contributed by atoms with Gasteiger partial charge in [0.2, 0.25) is 0 Å². The average Bonchev–Trinajstić information content (AvgIpc) is 2.66. The van der Waals surface area contributed by atoms with E-state index in [-0.39, 0.29) is 46.8 Å². The summed E-state index contributed by atoms with van der Waals surface area (Å²) in [7, 11) is 0. The van der Waals surface area contributed by atoms with Gasteiger partial charge in [-0.15, -0.1) is 0 Å². The smallest absolute Gasteiger partial charge is 0.345 e. The third-order valence-electron chi connectivity index (χ3n) is 4.39. The van der Waals surface area contributed by atoms with Gasteiger partial charge in [-0.1, -0.05) is 23.7 Å². The Morgan fingerprint density at radius 2 is 1.87 bits per heavy atom. The number of hydrogen-bond donors (Lipinski definition) is 0. The predicted octanol–water partition coefficient (Wildman–Crippen LogP) is 4.86. The summed E-state index contributed by atoms with van der Waals surface area (Å²) in [4.78, 5) is 36.4. The molecule has 0 N–H and O–H groups in total. The molecule has 3 rings (SSSR count). The molecule has 0 bridgehead atoms. The first-order valence-electron chi connectivity index (χ1n) is 9.48. The molecule has 0 aliphatic rings. The third kappa shape index (κ3) is 5.07. The van der Waals surface area contributed by atoms with E-state index >= 15 is 0 Å². The van der Waals surface area contributed by atoms with Crippen LogP contribution in [0.4, 0.5) is 0 Å². The molecule has 30 heavy (non-hydrogen) atoms. The van der Waals surface area contributed by atoms with Crippen molar-refractivity contribution in [1.82, 2.24) is 0 Å². The minimum atomic E-state index is -0.652. The van der Waals surface area contributed by atoms with Crippen LogP contribution in [0, 0.1) is 6.92 Å². The average molecular weight is 429 g/mol. The van der Waals surface area contributed by atoms with Crippen molar-refractivity contribution in [2.24, 2.45) is 0 Å². The summed E-state index contributed by atoms with van der Waals surface area (Å²) < 4.78 is 16.0. The maximum atomic E-state index is 12.7. The van der Waals surface area contributed by atoms with Gasteiger partial charge >= 0.3 is 17.6 Å². The molecule has 0 saturated carbocycles. The third-order valence-corrected chi connectivity index (χ3v) is 4.72. The molecule has 0 atom stereocenters. The van der Waals surface area contributed by atoms with Crippen LogP contribution in [0.2, 0.25) is 5.02 Å². The van der Waals surface area contributed by atoms with Crippen molar-refractivity contribution in [2.75, 3.05) is 0 Å². The molecule has 0 fully saturated rings. The molecule has 0 radical (unpaired) electrons. The second-order valence-electron chi connectivity index (χ2n) is 7.11. The Bertz CT molecular complexity index is 1160. The highest BCUT2D eigenvalue weighted by Gasteiger charge is 2.18. The van der Waals surface area contributed by atoms with E-state index in [4.69, 9.17) is 25.5 Å². The molecule has 7 heteroatoms. The first kappa shape index (κ1) is 21.6. The number of aryl methyl sites for hydroxylation is 2. The first-order valence-corrected chi connectivity index (χ1v) is 9.86. The monoisotopic (exact) mass is 428 g/mol. The van der Waals surface area contributed by atoms with Crippen molar-refractivity contribution >= 4 is 34.5 Å². The number of ether oxygens (including phenoxy) is 2. The highest BCUT2D eigenvalue weighted by molar-refractivity contribution is 6.33. The van der Waals surface area contributed by atoms with Crippen LogP contribution in [0.25, 0.3) is 11.0 Å². The minimum absolute atomic E-state index is 0.107. The summed E-state index contributed by atoms with van der Waals surface area (Å²) in [5.41, 5.74) is 1.32. The number of halogens is 1. The molecule has 1 aromatic heterocycles. The Kier molecular flexibility index (Phi) is 6.57. The zero-order chi connectivity index (χ0) is 21.8. The molecule has 0 saturated heterocycles. The van der Waals surface area contributed by atoms with E-state index in [1.807, 2.05) is 0 Å². The van der Waals surface area contributed by atoms with E-state index in [2.05, 4.69) is 0 Å². The summed E-state index contributed by atoms with van der Waals surface area (Å²) >= 11 is 6.09. The molecule has 0 unspecified atom stereocenters. The number of esters is 2. The Balaban J connectivity index is 1.99. The van der Waals surface area contributed by atoms with Crippen LogP contribution in [0.15, 0.2) is 51.7 Å². The van der Waals surface area contributed by atoms with Crippen LogP contribution < -0.4 is 10.4 Å². The molecule has 0 aliphatic heterocycles. The number of fused-ring (bicyclic) bond motifs is 1. The lowest BCUT2D eigenvalue weighted by atomic mass is 10.0. The minimum Gasteiger partial charge on any atom is -0.463 e. The highest BCUT2D eigenvalue weighted by Crippen LogP contribution is 2.30. The van der Waals surface area contributed by atoms with Crippen molar-refractivity contribution in [1.29, 1.82) is 0 Å². The number of carbonyl (C=O) groups excluding carboxylic acids is 2. The fraction of sp³-hybridized carbons (Fsp3) is 0.261. The van der Waals surface area contributed by atoms with Crippen LogP contribution in [-0.4, -0.2) is 18.0 Å². The SMILES string of the molecule is Cc1cc(=O)oc2cc(OC(=O)c3ccccc3Cl)c(CCC(=O)OC(C)C)cc12. The van der Waals surface area contributed by atoms with Crippen LogP contribution in [0.3, 0.4) is 0 Å². The van der Waals surface area contributed by atoms with Gasteiger partial charge in [-0.2, -0.15) is 0 Å². The van der Waals surface area contributed by atoms with Gasteiger partial charge in [-0.3, -0.25) is 4.79 Å². The molecule has 0 aliphatic carbocycles. The normalized spacial score (nSPS) is 11.0. The number of benzene rings is 2. The second kappa shape index (κ2) is 9.13. The zero-order valence-electron chi connectivity index (χ0n) is 16.9. The molecule has 0 spiro atoms. The molecule has 6 nitrogen and oxygen atoms in total. The molecule has 2 aromatic carbocycles. The molecule has 0 amide bonds. The maximum absolute atomic E-state index is 12.7. The summed E-state index contributed by atoms with van der Waals surface area (Å²) in [5.74, 6) is -0.815. The van der Waals surface area contributed by atoms with Crippen molar-refractivity contribution in [3.05, 3.63) is 74.6 Å². The van der Waals surface area contributed by atoms with Gasteiger partial charge in [0.25, 0.3) is 0 Å². The summed E-state index contributed by atoms with van der Waals surface area (Å²) in [6.07, 6.45) is 0.171. The van der Waals surface area contributed by atoms with Crippen molar-refractivity contribution in [3.63, 3.8) is 0 Å². The van der Waals surface area contributed by atoms with E-state index in [1.54, 1.807) is 51.1 Å². The van der Waals surface area contributed by atoms with Gasteiger partial charge in [0, 0.05) is 23.9 Å². The van der Waals surface area contributed by atoms with E-state index in [0.717, 1.165) is 5.56 Å². The van der Waals surface area contributed by atoms with Gasteiger partial charge < -0.3 is 13.9 Å². The fourth-order valence-corrected chi connectivity index (χ4v) is 3.23. The van der Waals surface area contributed by atoms with Crippen LogP contribution in [0.5, 0.6) is 5.75 Å². The molecular formula is C23H21ClO6. The van der Waals surface area contributed by atoms with Crippen LogP contribution in [-0.2, 0) is 16.0 Å². The van der Waals surface area contributed by atoms with Crippen LogP contribution >= 0.6 is 11.6 Å². The quantitative estimate of drug-likeness (QED) is 0.317. The van der Waals surface area contributed by atoms with Crippen molar-refractivity contribution < 1.29 is 23.5 Å². The standard InChI is InChI=1S/C23H21ClO6/c1-13(2)28-21(25)9-8-15-11-17-14(3)10-22(26)29-20(17)12-19(15)30-23(27)16-6-4-5-7-18(16)24/h4-7,10-13H,8-9H2,1-3H3. The summed E-state index contributed by atoms with van der Waals surface area (Å²) in [5, 5.41) is 0.951. The maximum Gasteiger partial charge on any atom is 0.345 e. The van der Waals surface area contributed by atoms with Gasteiger partial charge in [-0.25, -0.2) is 9.59 Å². The van der Waals surface area contributed by atoms with Gasteiger partial charge in [-0.05, 0) is 56.5 Å². The zero-order valence-corrected chi connectivity index (χ0v) is 17.6. The molecule has 1 heterocycles. The van der Waals surface area contributed by atoms with E-state index in [1.165, 1.54) is 12.1 Å². The number of carbonyl (C=O) groups is 2. The van der Waals surface area contributed by atoms with E-state index in [9.17, 15) is 14.4 Å². The van der Waals surface area contributed by atoms with Crippen molar-refractivity contribution in [3.8, 4) is 5.75 Å². The van der Waals surface area contributed by atoms with Gasteiger partial charge in [0.1, 0.15) is 11.3 Å². The van der Waals surface area contributed by atoms with Crippen LogP contribution in [0.1, 0.15) is 41.8 Å². The van der Waals surface area contributed by atoms with E-state index < -0.39 is 11.6 Å². The first-order chi connectivity index (χ1) is 14.2. The lowest BCUT2D eigenvalue weighted by Gasteiger charge is -2.13. The second-order valence-corrected chi connectivity index (χ2v) is 7.52. The fourth-order valence-electron chi connectivity index (χ4n) is 3.02. The largest absolute Gasteiger partial charge is 0.463 e. The lowest BCUT2D eigenvalue weighted by molar-refractivity contribution is -0.147. The lowest BCUT2D eigenvalue weighted by Crippen LogP contribution is -2.13. The Morgan fingerprint density at radius 1 is 1.13 bits per heavy atom. The van der Waals surface area contributed by atoms with Gasteiger partial charge in [0.15, 0.2) is 0 Å². The molecule has 156 valence electrons. The molecule has 3 aromatic rings. The Labute approximate surface area is 178 Å². The highest BCUT2D eigenvalue weighted by atomic mass is 35.5. The topological polar surface area (TPSA) is 82.8 Å². The summed E-state index contributed by atoms with van der Waals surface area (Å²) in [6, 6.07) is 11.1. The number of rotatable bonds is 6. The summed E-state index contributed by atoms with van der Waals surface area (Å²) in [6.45, 7) is 5.33.